The van der Waals surface area contributed by atoms with Crippen molar-refractivity contribution < 1.29 is 10.0 Å². The molecule has 4 rings (SSSR count). The number of aromatic amines is 1. The summed E-state index contributed by atoms with van der Waals surface area (Å²) in [5.41, 5.74) is 2.69. The van der Waals surface area contributed by atoms with Crippen LogP contribution in [0.15, 0.2) is 53.4 Å². The maximum atomic E-state index is 11.5. The molecule has 0 radical (unpaired) electrons. The number of fused-ring (bicyclic) bond motifs is 3. The van der Waals surface area contributed by atoms with Gasteiger partial charge in [-0.05, 0) is 6.07 Å². The molecule has 0 saturated carbocycles. The van der Waals surface area contributed by atoms with Gasteiger partial charge in [0, 0.05) is 28.4 Å². The zero-order chi connectivity index (χ0) is 18.3. The number of hydrogen-bond donors (Lipinski definition) is 3. The van der Waals surface area contributed by atoms with Crippen LogP contribution in [0.2, 0.25) is 5.02 Å². The molecule has 3 aromatic rings. The number of hydrogen-bond acceptors (Lipinski definition) is 6. The van der Waals surface area contributed by atoms with Crippen molar-refractivity contribution in [1.29, 1.82) is 0 Å². The van der Waals surface area contributed by atoms with E-state index in [0.29, 0.717) is 44.1 Å². The number of nitro groups is 1. The van der Waals surface area contributed by atoms with Crippen LogP contribution in [0.25, 0.3) is 10.9 Å². The van der Waals surface area contributed by atoms with Crippen LogP contribution in [0.5, 0.6) is 0 Å². The topological polar surface area (TPSA) is 116 Å². The quantitative estimate of drug-likeness (QED) is 0.484. The summed E-state index contributed by atoms with van der Waals surface area (Å²) < 4.78 is 0. The number of anilines is 1. The van der Waals surface area contributed by atoms with E-state index in [2.05, 4.69) is 20.5 Å². The van der Waals surface area contributed by atoms with Gasteiger partial charge < -0.3 is 10.4 Å². The summed E-state index contributed by atoms with van der Waals surface area (Å²) in [7, 11) is 0. The Balaban J connectivity index is 2.08. The number of non-ortho nitro benzene ring substituents is 1. The normalized spacial score (nSPS) is 13.5. The fraction of sp³-hybridized carbons (Fsp3) is 0.0588. The van der Waals surface area contributed by atoms with Crippen LogP contribution in [0.1, 0.15) is 11.1 Å². The number of halogens is 1. The van der Waals surface area contributed by atoms with E-state index in [0.717, 1.165) is 0 Å². The maximum Gasteiger partial charge on any atom is 0.295 e. The number of aliphatic imine (C=N–C) groups is 1. The molecular weight excluding hydrogens is 358 g/mol. The summed E-state index contributed by atoms with van der Waals surface area (Å²) in [5, 5.41) is 31.8. The van der Waals surface area contributed by atoms with E-state index in [1.54, 1.807) is 30.5 Å². The van der Waals surface area contributed by atoms with Crippen molar-refractivity contribution in [2.75, 3.05) is 11.9 Å². The van der Waals surface area contributed by atoms with Gasteiger partial charge in [-0.3, -0.25) is 15.2 Å². The minimum absolute atomic E-state index is 0.120. The van der Waals surface area contributed by atoms with Crippen LogP contribution in [0.3, 0.4) is 0 Å². The summed E-state index contributed by atoms with van der Waals surface area (Å²) in [6, 6.07) is 8.50. The largest absolute Gasteiger partial charge is 0.390 e. The van der Waals surface area contributed by atoms with Crippen molar-refractivity contribution in [2.45, 2.75) is 0 Å². The van der Waals surface area contributed by atoms with Gasteiger partial charge in [-0.1, -0.05) is 29.8 Å². The molecule has 2 aromatic carbocycles. The van der Waals surface area contributed by atoms with Crippen molar-refractivity contribution in [2.24, 2.45) is 4.99 Å². The molecule has 1 aromatic heterocycles. The van der Waals surface area contributed by atoms with Crippen molar-refractivity contribution in [3.8, 4) is 0 Å². The lowest BCUT2D eigenvalue weighted by atomic mass is 9.97. The smallest absolute Gasteiger partial charge is 0.295 e. The van der Waals surface area contributed by atoms with E-state index < -0.39 is 4.92 Å². The zero-order valence-electron chi connectivity index (χ0n) is 13.2. The summed E-state index contributed by atoms with van der Waals surface area (Å²) in [6.07, 6.45) is 3.07. The average Bonchev–Trinajstić information content (AvgIpc) is 3.04. The maximum absolute atomic E-state index is 11.5. The number of nitrogens with zero attached hydrogens (tertiary/aromatic N) is 3. The van der Waals surface area contributed by atoms with Crippen molar-refractivity contribution >= 4 is 39.6 Å². The van der Waals surface area contributed by atoms with Gasteiger partial charge in [-0.25, -0.2) is 4.99 Å². The van der Waals surface area contributed by atoms with Crippen LogP contribution in [0, 0.1) is 10.1 Å². The lowest BCUT2D eigenvalue weighted by Gasteiger charge is -2.12. The van der Waals surface area contributed by atoms with Crippen molar-refractivity contribution in [1.82, 2.24) is 10.2 Å². The first-order chi connectivity index (χ1) is 12.6. The Bertz CT molecular complexity index is 1100. The van der Waals surface area contributed by atoms with E-state index in [-0.39, 0.29) is 12.3 Å². The van der Waals surface area contributed by atoms with Gasteiger partial charge in [-0.2, -0.15) is 5.10 Å². The second-order valence-corrected chi connectivity index (χ2v) is 6.02. The number of aliphatic hydroxyl groups is 1. The Morgan fingerprint density at radius 1 is 1.27 bits per heavy atom. The Morgan fingerprint density at radius 2 is 2.08 bits per heavy atom. The number of H-pyrrole nitrogens is 1. The van der Waals surface area contributed by atoms with E-state index in [9.17, 15) is 15.2 Å². The number of nitro benzene ring substituents is 1. The standard InChI is InChI=1S/C17H12ClN5O3/c18-13-4-2-1-3-10(13)16-11-5-14(23(25)26)17-12(7-20-22-17)15(11)19-6-9(8-24)21-16/h1-7,19,24H,8H2,(H,20,22). The van der Waals surface area contributed by atoms with Crippen LogP contribution in [-0.2, 0) is 0 Å². The van der Waals surface area contributed by atoms with E-state index in [1.165, 1.54) is 12.3 Å². The molecule has 8 nitrogen and oxygen atoms in total. The molecule has 1 aliphatic rings. The van der Waals surface area contributed by atoms with Gasteiger partial charge in [0.25, 0.3) is 5.69 Å². The zero-order valence-corrected chi connectivity index (χ0v) is 14.0. The Labute approximate surface area is 152 Å². The molecule has 2 heterocycles. The van der Waals surface area contributed by atoms with Crippen molar-refractivity contribution in [3.63, 3.8) is 0 Å². The Kier molecular flexibility index (Phi) is 3.90. The van der Waals surface area contributed by atoms with Crippen LogP contribution in [0.4, 0.5) is 11.4 Å². The highest BCUT2D eigenvalue weighted by molar-refractivity contribution is 6.36. The van der Waals surface area contributed by atoms with E-state index in [1.807, 2.05) is 0 Å². The lowest BCUT2D eigenvalue weighted by molar-refractivity contribution is -0.383. The molecule has 0 saturated heterocycles. The summed E-state index contributed by atoms with van der Waals surface area (Å²) in [6.45, 7) is -0.300. The van der Waals surface area contributed by atoms with Gasteiger partial charge >= 0.3 is 0 Å². The van der Waals surface area contributed by atoms with E-state index >= 15 is 0 Å². The van der Waals surface area contributed by atoms with Gasteiger partial charge in [0.2, 0.25) is 0 Å². The fourth-order valence-corrected chi connectivity index (χ4v) is 3.14. The molecule has 0 atom stereocenters. The first-order valence-electron chi connectivity index (χ1n) is 7.65. The number of nitrogens with one attached hydrogen (secondary N) is 2. The molecule has 26 heavy (non-hydrogen) atoms. The molecule has 0 aliphatic carbocycles. The molecule has 3 N–H and O–H groups in total. The molecular formula is C17H12ClN5O3. The molecule has 0 unspecified atom stereocenters. The molecule has 0 bridgehead atoms. The second-order valence-electron chi connectivity index (χ2n) is 5.61. The highest BCUT2D eigenvalue weighted by Crippen LogP contribution is 2.37. The van der Waals surface area contributed by atoms with Crippen LogP contribution < -0.4 is 5.32 Å². The van der Waals surface area contributed by atoms with Gasteiger partial charge in [0.1, 0.15) is 5.52 Å². The third kappa shape index (κ3) is 2.52. The third-order valence-electron chi connectivity index (χ3n) is 4.10. The predicted molar refractivity (Wildman–Crippen MR) is 98.6 cm³/mol. The first-order valence-corrected chi connectivity index (χ1v) is 8.03. The lowest BCUT2D eigenvalue weighted by Crippen LogP contribution is -2.08. The third-order valence-corrected chi connectivity index (χ3v) is 4.43. The minimum Gasteiger partial charge on any atom is -0.390 e. The van der Waals surface area contributed by atoms with Crippen LogP contribution >= 0.6 is 11.6 Å². The number of aromatic nitrogens is 2. The monoisotopic (exact) mass is 369 g/mol. The SMILES string of the molecule is O=[N+]([O-])c1cc2c(c3cn[nH]c13)NC=C(CO)N=C2c1ccccc1Cl. The summed E-state index contributed by atoms with van der Waals surface area (Å²) in [4.78, 5) is 15.5. The number of rotatable bonds is 3. The van der Waals surface area contributed by atoms with Crippen LogP contribution in [-0.4, -0.2) is 32.5 Å². The van der Waals surface area contributed by atoms with E-state index in [4.69, 9.17) is 11.6 Å². The number of benzene rings is 2. The Morgan fingerprint density at radius 3 is 2.81 bits per heavy atom. The fourth-order valence-electron chi connectivity index (χ4n) is 2.91. The molecule has 130 valence electrons. The molecule has 0 amide bonds. The summed E-state index contributed by atoms with van der Waals surface area (Å²) >= 11 is 6.33. The van der Waals surface area contributed by atoms with Gasteiger partial charge in [-0.15, -0.1) is 0 Å². The van der Waals surface area contributed by atoms with Crippen molar-refractivity contribution in [3.05, 3.63) is 74.7 Å². The number of aliphatic hydroxyl groups excluding tert-OH is 1. The predicted octanol–water partition coefficient (Wildman–Crippen LogP) is 3.22. The molecule has 0 spiro atoms. The highest BCUT2D eigenvalue weighted by atomic mass is 35.5. The minimum atomic E-state index is -0.476. The summed E-state index contributed by atoms with van der Waals surface area (Å²) in [5.74, 6) is 0. The molecule has 0 fully saturated rings. The second kappa shape index (κ2) is 6.25. The van der Waals surface area contributed by atoms with Gasteiger partial charge in [0.15, 0.2) is 0 Å². The van der Waals surface area contributed by atoms with Gasteiger partial charge in [0.05, 0.1) is 40.2 Å². The average molecular weight is 370 g/mol. The first kappa shape index (κ1) is 16.2. The highest BCUT2D eigenvalue weighted by Gasteiger charge is 2.26. The molecule has 1 aliphatic heterocycles. The Hall–Kier alpha value is -3.23. The molecule has 9 heteroatoms.